The number of likely N-dealkylation sites (tertiary alicyclic amines) is 1. The molecule has 0 aromatic rings. The van der Waals surface area contributed by atoms with Crippen molar-refractivity contribution in [3.8, 4) is 0 Å². The Hall–Kier alpha value is -1.39. The molecule has 5 heteroatoms. The monoisotopic (exact) mass is 358 g/mol. The number of carbonyl (C=O) groups is 3. The van der Waals surface area contributed by atoms with E-state index in [1.54, 1.807) is 0 Å². The highest BCUT2D eigenvalue weighted by molar-refractivity contribution is 6.05. The van der Waals surface area contributed by atoms with Crippen LogP contribution < -0.4 is 5.32 Å². The zero-order valence-corrected chi connectivity index (χ0v) is 15.5. The van der Waals surface area contributed by atoms with Gasteiger partial charge in [0.25, 0.3) is 0 Å². The molecule has 2 atom stereocenters. The van der Waals surface area contributed by atoms with Gasteiger partial charge in [0, 0.05) is 18.5 Å². The maximum Gasteiger partial charge on any atom is 0.233 e. The molecule has 6 fully saturated rings. The number of amides is 3. The van der Waals surface area contributed by atoms with Crippen LogP contribution in [0.1, 0.15) is 70.6 Å². The maximum absolute atomic E-state index is 12.7. The average Bonchev–Trinajstić information content (AvgIpc) is 2.83. The minimum absolute atomic E-state index is 0.0127. The van der Waals surface area contributed by atoms with E-state index in [-0.39, 0.29) is 48.1 Å². The number of nitrogens with one attached hydrogen (secondary N) is 1. The molecular weight excluding hydrogens is 328 g/mol. The quantitative estimate of drug-likeness (QED) is 0.786. The predicted octanol–water partition coefficient (Wildman–Crippen LogP) is 2.64. The number of hydrogen-bond donors (Lipinski definition) is 1. The SMILES string of the molecule is O=C(CCN1C(=O)C2CCCCC2C1=O)NC12CC3CC(CC(C3)C1)C2. The predicted molar refractivity (Wildman–Crippen MR) is 95.8 cm³/mol. The van der Waals surface area contributed by atoms with Gasteiger partial charge < -0.3 is 5.32 Å². The lowest BCUT2D eigenvalue weighted by Gasteiger charge is -2.56. The Labute approximate surface area is 155 Å². The minimum atomic E-state index is -0.109. The van der Waals surface area contributed by atoms with E-state index in [1.165, 1.54) is 24.2 Å². The van der Waals surface area contributed by atoms with Gasteiger partial charge in [0.15, 0.2) is 0 Å². The van der Waals surface area contributed by atoms with Crippen LogP contribution >= 0.6 is 0 Å². The number of fused-ring (bicyclic) bond motifs is 1. The van der Waals surface area contributed by atoms with E-state index >= 15 is 0 Å². The number of nitrogens with zero attached hydrogens (tertiary/aromatic N) is 1. The first kappa shape index (κ1) is 16.8. The van der Waals surface area contributed by atoms with Crippen LogP contribution in [-0.2, 0) is 14.4 Å². The van der Waals surface area contributed by atoms with E-state index in [9.17, 15) is 14.4 Å². The van der Waals surface area contributed by atoms with E-state index in [2.05, 4.69) is 5.32 Å². The van der Waals surface area contributed by atoms with Gasteiger partial charge >= 0.3 is 0 Å². The van der Waals surface area contributed by atoms with Crippen LogP contribution in [0.25, 0.3) is 0 Å². The summed E-state index contributed by atoms with van der Waals surface area (Å²) < 4.78 is 0. The molecule has 1 heterocycles. The van der Waals surface area contributed by atoms with Gasteiger partial charge in [0.1, 0.15) is 0 Å². The van der Waals surface area contributed by atoms with Crippen molar-refractivity contribution in [2.24, 2.45) is 29.6 Å². The summed E-state index contributed by atoms with van der Waals surface area (Å²) in [6, 6.07) is 0. The Kier molecular flexibility index (Phi) is 3.91. The van der Waals surface area contributed by atoms with Crippen molar-refractivity contribution in [2.45, 2.75) is 76.2 Å². The summed E-state index contributed by atoms with van der Waals surface area (Å²) in [5, 5.41) is 3.35. The standard InChI is InChI=1S/C21H30N2O3/c24-18(22-21-10-13-7-14(11-21)9-15(8-13)12-21)5-6-23-19(25)16-3-1-2-4-17(16)20(23)26/h13-17H,1-12H2,(H,22,24). The lowest BCUT2D eigenvalue weighted by molar-refractivity contribution is -0.140. The third kappa shape index (κ3) is 2.69. The number of hydrogen-bond acceptors (Lipinski definition) is 3. The highest BCUT2D eigenvalue weighted by atomic mass is 16.2. The highest BCUT2D eigenvalue weighted by Crippen LogP contribution is 2.55. The maximum atomic E-state index is 12.7. The Morgan fingerprint density at radius 3 is 1.92 bits per heavy atom. The van der Waals surface area contributed by atoms with Gasteiger partial charge in [-0.2, -0.15) is 0 Å². The van der Waals surface area contributed by atoms with Crippen LogP contribution in [0, 0.1) is 29.6 Å². The molecule has 26 heavy (non-hydrogen) atoms. The van der Waals surface area contributed by atoms with Crippen LogP contribution in [0.3, 0.4) is 0 Å². The zero-order valence-electron chi connectivity index (χ0n) is 15.5. The zero-order chi connectivity index (χ0) is 17.9. The summed E-state index contributed by atoms with van der Waals surface area (Å²) in [5.41, 5.74) is 0.0127. The van der Waals surface area contributed by atoms with E-state index in [0.29, 0.717) is 0 Å². The molecule has 1 saturated heterocycles. The lowest BCUT2D eigenvalue weighted by Crippen LogP contribution is -2.60. The van der Waals surface area contributed by atoms with Crippen LogP contribution in [0.2, 0.25) is 0 Å². The van der Waals surface area contributed by atoms with Crippen LogP contribution in [-0.4, -0.2) is 34.7 Å². The summed E-state index contributed by atoms with van der Waals surface area (Å²) in [6.07, 6.45) is 11.5. The van der Waals surface area contributed by atoms with Crippen LogP contribution in [0.5, 0.6) is 0 Å². The second kappa shape index (κ2) is 6.07. The smallest absolute Gasteiger partial charge is 0.233 e. The Morgan fingerprint density at radius 1 is 0.923 bits per heavy atom. The molecule has 3 amide bonds. The number of carbonyl (C=O) groups excluding carboxylic acids is 3. The normalized spacial score (nSPS) is 43.7. The molecule has 0 aromatic heterocycles. The first-order chi connectivity index (χ1) is 12.5. The topological polar surface area (TPSA) is 66.5 Å². The van der Waals surface area contributed by atoms with Gasteiger partial charge in [0.2, 0.25) is 17.7 Å². The van der Waals surface area contributed by atoms with Crippen LogP contribution in [0.15, 0.2) is 0 Å². The largest absolute Gasteiger partial charge is 0.351 e. The Balaban J connectivity index is 1.19. The summed E-state index contributed by atoms with van der Waals surface area (Å²) in [4.78, 5) is 39.1. The highest BCUT2D eigenvalue weighted by Gasteiger charge is 2.52. The summed E-state index contributed by atoms with van der Waals surface area (Å²) in [5.74, 6) is 2.15. The van der Waals surface area contributed by atoms with Gasteiger partial charge in [-0.1, -0.05) is 12.8 Å². The number of imide groups is 1. The molecule has 5 aliphatic carbocycles. The fraction of sp³-hybridized carbons (Fsp3) is 0.857. The minimum Gasteiger partial charge on any atom is -0.351 e. The first-order valence-electron chi connectivity index (χ1n) is 10.7. The Bertz CT molecular complexity index is 584. The molecule has 0 radical (unpaired) electrons. The van der Waals surface area contributed by atoms with Gasteiger partial charge in [-0.3, -0.25) is 19.3 Å². The van der Waals surface area contributed by atoms with E-state index in [0.717, 1.165) is 62.7 Å². The molecule has 5 saturated carbocycles. The third-order valence-corrected chi connectivity index (χ3v) is 7.94. The molecule has 2 unspecified atom stereocenters. The number of rotatable bonds is 4. The van der Waals surface area contributed by atoms with Gasteiger partial charge in [-0.15, -0.1) is 0 Å². The first-order valence-corrected chi connectivity index (χ1v) is 10.7. The fourth-order valence-corrected chi connectivity index (χ4v) is 7.29. The molecule has 5 nitrogen and oxygen atoms in total. The second-order valence-electron chi connectivity index (χ2n) is 9.82. The van der Waals surface area contributed by atoms with Crippen molar-refractivity contribution < 1.29 is 14.4 Å². The molecule has 0 spiro atoms. The summed E-state index contributed by atoms with van der Waals surface area (Å²) in [7, 11) is 0. The summed E-state index contributed by atoms with van der Waals surface area (Å²) in [6.45, 7) is 0.267. The van der Waals surface area contributed by atoms with E-state index in [1.807, 2.05) is 0 Å². The molecule has 4 bridgehead atoms. The van der Waals surface area contributed by atoms with Crippen LogP contribution in [0.4, 0.5) is 0 Å². The summed E-state index contributed by atoms with van der Waals surface area (Å²) >= 11 is 0. The van der Waals surface area contributed by atoms with Crippen molar-refractivity contribution in [3.05, 3.63) is 0 Å². The molecule has 0 aromatic carbocycles. The van der Waals surface area contributed by atoms with E-state index in [4.69, 9.17) is 0 Å². The molecule has 6 rings (SSSR count). The Morgan fingerprint density at radius 2 is 1.42 bits per heavy atom. The second-order valence-corrected chi connectivity index (χ2v) is 9.82. The lowest BCUT2D eigenvalue weighted by atomic mass is 9.53. The average molecular weight is 358 g/mol. The van der Waals surface area contributed by atoms with Crippen molar-refractivity contribution in [2.75, 3.05) is 6.54 Å². The molecule has 1 N–H and O–H groups in total. The molecule has 1 aliphatic heterocycles. The van der Waals surface area contributed by atoms with Crippen molar-refractivity contribution in [3.63, 3.8) is 0 Å². The third-order valence-electron chi connectivity index (χ3n) is 7.94. The van der Waals surface area contributed by atoms with Gasteiger partial charge in [-0.25, -0.2) is 0 Å². The van der Waals surface area contributed by atoms with Gasteiger partial charge in [-0.05, 0) is 69.1 Å². The van der Waals surface area contributed by atoms with Crippen molar-refractivity contribution in [1.82, 2.24) is 10.2 Å². The molecule has 6 aliphatic rings. The molecule has 142 valence electrons. The fourth-order valence-electron chi connectivity index (χ4n) is 7.29. The van der Waals surface area contributed by atoms with Crippen molar-refractivity contribution in [1.29, 1.82) is 0 Å². The van der Waals surface area contributed by atoms with Gasteiger partial charge in [0.05, 0.1) is 11.8 Å². The van der Waals surface area contributed by atoms with Crippen molar-refractivity contribution >= 4 is 17.7 Å². The van der Waals surface area contributed by atoms with E-state index < -0.39 is 0 Å². The molecular formula is C21H30N2O3.